The Balaban J connectivity index is 1.43. The molecule has 0 spiro atoms. The lowest BCUT2D eigenvalue weighted by Crippen LogP contribution is -2.38. The lowest BCUT2D eigenvalue weighted by Gasteiger charge is -2.29. The van der Waals surface area contributed by atoms with Gasteiger partial charge in [-0.15, -0.1) is 0 Å². The lowest BCUT2D eigenvalue weighted by atomic mass is 10.1. The van der Waals surface area contributed by atoms with E-state index in [2.05, 4.69) is 27.4 Å². The van der Waals surface area contributed by atoms with E-state index in [0.717, 1.165) is 36.3 Å². The van der Waals surface area contributed by atoms with E-state index in [0.29, 0.717) is 29.3 Å². The van der Waals surface area contributed by atoms with Gasteiger partial charge in [0.05, 0.1) is 11.8 Å². The van der Waals surface area contributed by atoms with E-state index in [4.69, 9.17) is 11.6 Å². The molecule has 1 aliphatic heterocycles. The third-order valence-electron chi connectivity index (χ3n) is 6.20. The summed E-state index contributed by atoms with van der Waals surface area (Å²) in [4.78, 5) is 28.5. The fourth-order valence-corrected chi connectivity index (χ4v) is 4.69. The third-order valence-corrected chi connectivity index (χ3v) is 6.57. The van der Waals surface area contributed by atoms with Crippen molar-refractivity contribution in [3.05, 3.63) is 104 Å². The summed E-state index contributed by atoms with van der Waals surface area (Å²) in [5.41, 5.74) is 4.45. The van der Waals surface area contributed by atoms with Crippen molar-refractivity contribution in [1.29, 1.82) is 0 Å². The number of hydrogen-bond donors (Lipinski definition) is 1. The van der Waals surface area contributed by atoms with Gasteiger partial charge in [-0.1, -0.05) is 60.1 Å². The Morgan fingerprint density at radius 2 is 1.88 bits per heavy atom. The summed E-state index contributed by atoms with van der Waals surface area (Å²) in [6.07, 6.45) is 2.20. The largest absolute Gasteiger partial charge is 0.348 e. The first kappa shape index (κ1) is 21.4. The van der Waals surface area contributed by atoms with Crippen molar-refractivity contribution >= 4 is 23.2 Å². The molecule has 168 valence electrons. The first-order chi connectivity index (χ1) is 16.0. The van der Waals surface area contributed by atoms with Crippen LogP contribution in [0.3, 0.4) is 0 Å². The Hall–Kier alpha value is -3.42. The van der Waals surface area contributed by atoms with E-state index in [1.54, 1.807) is 6.07 Å². The molecule has 0 saturated carbocycles. The quantitative estimate of drug-likeness (QED) is 0.495. The van der Waals surface area contributed by atoms with Crippen LogP contribution in [0.4, 0.5) is 0 Å². The number of halogens is 1. The van der Waals surface area contributed by atoms with Gasteiger partial charge in [-0.3, -0.25) is 14.5 Å². The minimum atomic E-state index is -0.290. The monoisotopic (exact) mass is 461 g/mol. The Labute approximate surface area is 196 Å². The van der Waals surface area contributed by atoms with E-state index >= 15 is 0 Å². The topological polar surface area (TPSA) is 71.6 Å². The van der Waals surface area contributed by atoms with Gasteiger partial charge < -0.3 is 9.88 Å². The zero-order chi connectivity index (χ0) is 22.9. The highest BCUT2D eigenvalue weighted by atomic mass is 35.5. The van der Waals surface area contributed by atoms with Crippen molar-refractivity contribution in [2.24, 2.45) is 7.05 Å². The Kier molecular flexibility index (Phi) is 5.74. The number of hydrogen-bond acceptors (Lipinski definition) is 4. The molecule has 2 aromatic carbocycles. The van der Waals surface area contributed by atoms with Crippen molar-refractivity contribution in [2.75, 3.05) is 6.54 Å². The van der Waals surface area contributed by atoms with Crippen LogP contribution in [0.15, 0.2) is 65.6 Å². The molecule has 1 N–H and O–H groups in total. The average Bonchev–Trinajstić information content (AvgIpc) is 3.28. The summed E-state index contributed by atoms with van der Waals surface area (Å²) in [6, 6.07) is 17.6. The molecule has 0 radical (unpaired) electrons. The predicted octanol–water partition coefficient (Wildman–Crippen LogP) is 3.17. The van der Waals surface area contributed by atoms with E-state index in [1.807, 2.05) is 48.0 Å². The van der Waals surface area contributed by atoms with Gasteiger partial charge in [-0.05, 0) is 17.2 Å². The van der Waals surface area contributed by atoms with E-state index in [9.17, 15) is 9.59 Å². The van der Waals surface area contributed by atoms with Gasteiger partial charge in [0, 0.05) is 50.4 Å². The van der Waals surface area contributed by atoms with Gasteiger partial charge >= 0.3 is 0 Å². The number of amides is 1. The van der Waals surface area contributed by atoms with Gasteiger partial charge in [0.25, 0.3) is 11.5 Å². The Bertz CT molecular complexity index is 1390. The molecule has 0 saturated heterocycles. The van der Waals surface area contributed by atoms with Gasteiger partial charge in [0.1, 0.15) is 5.56 Å². The van der Waals surface area contributed by atoms with Crippen LogP contribution in [-0.2, 0) is 33.1 Å². The van der Waals surface area contributed by atoms with E-state index in [1.165, 1.54) is 16.3 Å². The van der Waals surface area contributed by atoms with Crippen LogP contribution in [-0.4, -0.2) is 31.5 Å². The summed E-state index contributed by atoms with van der Waals surface area (Å²) in [7, 11) is 1.90. The zero-order valence-corrected chi connectivity index (χ0v) is 19.0. The molecule has 4 aromatic rings. The SMILES string of the molecule is Cn1c2c(c(=O)n3ncc(C(=O)NCc4ccccc4Cl)c13)CN(Cc1ccccc1)CC2. The van der Waals surface area contributed by atoms with Gasteiger partial charge in [-0.25, -0.2) is 0 Å². The number of aromatic nitrogens is 3. The van der Waals surface area contributed by atoms with Crippen molar-refractivity contribution < 1.29 is 4.79 Å². The molecule has 8 heteroatoms. The number of fused-ring (bicyclic) bond motifs is 2. The molecule has 3 heterocycles. The smallest absolute Gasteiger partial charge is 0.279 e. The number of aryl methyl sites for hydroxylation is 1. The highest BCUT2D eigenvalue weighted by molar-refractivity contribution is 6.31. The molecule has 2 aromatic heterocycles. The van der Waals surface area contributed by atoms with Gasteiger partial charge in [0.15, 0.2) is 5.65 Å². The highest BCUT2D eigenvalue weighted by Crippen LogP contribution is 2.21. The normalized spacial score (nSPS) is 13.8. The van der Waals surface area contributed by atoms with Crippen molar-refractivity contribution in [2.45, 2.75) is 26.1 Å². The molecule has 0 aliphatic carbocycles. The Morgan fingerprint density at radius 1 is 1.12 bits per heavy atom. The van der Waals surface area contributed by atoms with E-state index in [-0.39, 0.29) is 11.5 Å². The molecule has 33 heavy (non-hydrogen) atoms. The zero-order valence-electron chi connectivity index (χ0n) is 18.3. The number of nitrogens with zero attached hydrogens (tertiary/aromatic N) is 4. The van der Waals surface area contributed by atoms with Crippen LogP contribution in [0.1, 0.15) is 32.7 Å². The minimum absolute atomic E-state index is 0.166. The number of rotatable bonds is 5. The molecule has 7 nitrogen and oxygen atoms in total. The summed E-state index contributed by atoms with van der Waals surface area (Å²) in [6.45, 7) is 2.48. The van der Waals surface area contributed by atoms with Crippen LogP contribution in [0.5, 0.6) is 0 Å². The van der Waals surface area contributed by atoms with Crippen LogP contribution < -0.4 is 10.9 Å². The first-order valence-electron chi connectivity index (χ1n) is 10.9. The minimum Gasteiger partial charge on any atom is -0.348 e. The number of benzene rings is 2. The maximum atomic E-state index is 13.3. The molecular weight excluding hydrogens is 438 g/mol. The van der Waals surface area contributed by atoms with Crippen LogP contribution in [0, 0.1) is 0 Å². The predicted molar refractivity (Wildman–Crippen MR) is 127 cm³/mol. The second-order valence-electron chi connectivity index (χ2n) is 8.30. The fraction of sp³-hybridized carbons (Fsp3) is 0.240. The molecule has 1 aliphatic rings. The lowest BCUT2D eigenvalue weighted by molar-refractivity contribution is 0.0952. The van der Waals surface area contributed by atoms with Crippen LogP contribution >= 0.6 is 11.6 Å². The number of carbonyl (C=O) groups is 1. The third kappa shape index (κ3) is 4.05. The molecule has 1 amide bonds. The second-order valence-corrected chi connectivity index (χ2v) is 8.71. The number of carbonyl (C=O) groups excluding carboxylic acids is 1. The van der Waals surface area contributed by atoms with E-state index < -0.39 is 0 Å². The standard InChI is InChI=1S/C25H24ClN5O2/c1-29-22-11-12-30(15-17-7-3-2-4-8-17)16-20(22)25(33)31-24(29)19(14-28-31)23(32)27-13-18-9-5-6-10-21(18)26/h2-10,14H,11-13,15-16H2,1H3,(H,27,32). The van der Waals surface area contributed by atoms with Crippen molar-refractivity contribution in [1.82, 2.24) is 24.4 Å². The van der Waals surface area contributed by atoms with Gasteiger partial charge in [-0.2, -0.15) is 9.61 Å². The Morgan fingerprint density at radius 3 is 2.67 bits per heavy atom. The van der Waals surface area contributed by atoms with Crippen molar-refractivity contribution in [3.63, 3.8) is 0 Å². The molecule has 0 fully saturated rings. The summed E-state index contributed by atoms with van der Waals surface area (Å²) in [5, 5.41) is 7.76. The maximum absolute atomic E-state index is 13.3. The maximum Gasteiger partial charge on any atom is 0.279 e. The molecule has 0 unspecified atom stereocenters. The second kappa shape index (κ2) is 8.84. The summed E-state index contributed by atoms with van der Waals surface area (Å²) in [5.74, 6) is -0.290. The first-order valence-corrected chi connectivity index (χ1v) is 11.3. The molecule has 0 atom stereocenters. The van der Waals surface area contributed by atoms with Crippen molar-refractivity contribution in [3.8, 4) is 0 Å². The van der Waals surface area contributed by atoms with Gasteiger partial charge in [0.2, 0.25) is 0 Å². The summed E-state index contributed by atoms with van der Waals surface area (Å²) >= 11 is 6.20. The highest BCUT2D eigenvalue weighted by Gasteiger charge is 2.26. The van der Waals surface area contributed by atoms with Crippen LogP contribution in [0.2, 0.25) is 5.02 Å². The number of nitrogens with one attached hydrogen (secondary N) is 1. The fourth-order valence-electron chi connectivity index (χ4n) is 4.49. The average molecular weight is 462 g/mol. The van der Waals surface area contributed by atoms with Crippen LogP contribution in [0.25, 0.3) is 5.65 Å². The summed E-state index contributed by atoms with van der Waals surface area (Å²) < 4.78 is 3.28. The molecule has 5 rings (SSSR count). The molecular formula is C25H24ClN5O2. The molecule has 0 bridgehead atoms.